The monoisotopic (exact) mass is 467 g/mol. The number of aromatic nitrogens is 1. The number of fused-ring (bicyclic) bond motifs is 5. The van der Waals surface area contributed by atoms with Crippen LogP contribution >= 0.6 is 0 Å². The predicted molar refractivity (Wildman–Crippen MR) is 136 cm³/mol. The van der Waals surface area contributed by atoms with Crippen LogP contribution in [0.3, 0.4) is 0 Å². The molecule has 3 fully saturated rings. The molecule has 1 aromatic heterocycles. The second-order valence-corrected chi connectivity index (χ2v) is 14.0. The molecule has 0 unspecified atom stereocenters. The van der Waals surface area contributed by atoms with Gasteiger partial charge in [0.1, 0.15) is 5.60 Å². The van der Waals surface area contributed by atoms with Gasteiger partial charge in [-0.15, -0.1) is 0 Å². The molecule has 0 saturated heterocycles. The zero-order valence-corrected chi connectivity index (χ0v) is 22.3. The molecule has 1 heterocycles. The number of allylic oxidation sites excluding steroid dienone is 2. The third kappa shape index (κ3) is 3.06. The van der Waals surface area contributed by atoms with E-state index in [1.54, 1.807) is 19.4 Å². The van der Waals surface area contributed by atoms with Gasteiger partial charge in [0.15, 0.2) is 0 Å². The minimum atomic E-state index is -1.37. The summed E-state index contributed by atoms with van der Waals surface area (Å²) in [7, 11) is 0. The summed E-state index contributed by atoms with van der Waals surface area (Å²) < 4.78 is 0. The van der Waals surface area contributed by atoms with Crippen molar-refractivity contribution in [2.75, 3.05) is 0 Å². The van der Waals surface area contributed by atoms with Crippen molar-refractivity contribution >= 4 is 5.78 Å². The number of ketones is 1. The topological polar surface area (TPSA) is 73.3 Å². The highest BCUT2D eigenvalue weighted by Crippen LogP contribution is 2.74. The lowest BCUT2D eigenvalue weighted by molar-refractivity contribution is -0.129. The lowest BCUT2D eigenvalue weighted by atomic mass is 9.41. The normalized spacial score (nSPS) is 43.5. The first-order valence-electron chi connectivity index (χ1n) is 13.5. The molecule has 188 valence electrons. The molecule has 4 aliphatic carbocycles. The Kier molecular flexibility index (Phi) is 5.23. The second-order valence-electron chi connectivity index (χ2n) is 14.0. The molecular weight excluding hydrogens is 422 g/mol. The average Bonchev–Trinajstić information content (AvgIpc) is 3.32. The Hall–Kier alpha value is -1.39. The Morgan fingerprint density at radius 2 is 1.71 bits per heavy atom. The van der Waals surface area contributed by atoms with Gasteiger partial charge in [0.25, 0.3) is 0 Å². The average molecular weight is 468 g/mol. The lowest BCUT2D eigenvalue weighted by Crippen LogP contribution is -2.57. The Labute approximate surface area is 205 Å². The first-order valence-corrected chi connectivity index (χ1v) is 13.5. The van der Waals surface area contributed by atoms with E-state index < -0.39 is 5.60 Å². The molecule has 7 atom stereocenters. The number of rotatable bonds is 3. The van der Waals surface area contributed by atoms with Crippen LogP contribution in [0.1, 0.15) is 115 Å². The van der Waals surface area contributed by atoms with Crippen LogP contribution in [0.2, 0.25) is 0 Å². The molecule has 0 radical (unpaired) electrons. The minimum Gasteiger partial charge on any atom is -0.393 e. The molecule has 3 N–H and O–H groups in total. The van der Waals surface area contributed by atoms with Crippen LogP contribution < -0.4 is 0 Å². The van der Waals surface area contributed by atoms with Crippen molar-refractivity contribution in [2.24, 2.45) is 33.5 Å². The molecule has 1 aromatic rings. The van der Waals surface area contributed by atoms with Crippen LogP contribution in [-0.2, 0) is 0 Å². The minimum absolute atomic E-state index is 0.0383. The Morgan fingerprint density at radius 1 is 1.03 bits per heavy atom. The molecule has 4 aliphatic rings. The van der Waals surface area contributed by atoms with Crippen molar-refractivity contribution in [3.05, 3.63) is 35.2 Å². The van der Waals surface area contributed by atoms with Crippen molar-refractivity contribution in [3.8, 4) is 0 Å². The summed E-state index contributed by atoms with van der Waals surface area (Å²) >= 11 is 0. The van der Waals surface area contributed by atoms with Gasteiger partial charge >= 0.3 is 0 Å². The fourth-order valence-electron chi connectivity index (χ4n) is 9.30. The molecular formula is C30H45NO3. The van der Waals surface area contributed by atoms with Crippen LogP contribution in [0.25, 0.3) is 0 Å². The van der Waals surface area contributed by atoms with Gasteiger partial charge in [-0.05, 0) is 110 Å². The summed E-state index contributed by atoms with van der Waals surface area (Å²) in [6, 6.07) is 2.01. The summed E-state index contributed by atoms with van der Waals surface area (Å²) in [6.07, 6.45) is 12.3. The van der Waals surface area contributed by atoms with Gasteiger partial charge in [-0.1, -0.05) is 46.3 Å². The van der Waals surface area contributed by atoms with Crippen LogP contribution in [0.4, 0.5) is 0 Å². The molecule has 4 heteroatoms. The van der Waals surface area contributed by atoms with Gasteiger partial charge < -0.3 is 15.2 Å². The molecule has 0 spiro atoms. The van der Waals surface area contributed by atoms with Gasteiger partial charge in [0.2, 0.25) is 5.78 Å². The molecule has 0 amide bonds. The van der Waals surface area contributed by atoms with E-state index >= 15 is 0 Å². The number of carbonyl (C=O) groups is 1. The maximum absolute atomic E-state index is 12.6. The SMILES string of the molecule is CC(C)(O)C(=O)c1cc([C@@H]2CC[C@]3(C)C4=CC[C@H]5C(C)(C)[C@H](O)CC[C@]5(C)[C@H]4CC[C@@]23C)c[nH]1. The summed E-state index contributed by atoms with van der Waals surface area (Å²) in [5, 5.41) is 21.0. The van der Waals surface area contributed by atoms with E-state index in [1.807, 2.05) is 12.3 Å². The zero-order valence-electron chi connectivity index (χ0n) is 22.3. The van der Waals surface area contributed by atoms with Crippen molar-refractivity contribution in [3.63, 3.8) is 0 Å². The number of aliphatic hydroxyl groups is 2. The van der Waals surface area contributed by atoms with Gasteiger partial charge in [-0.3, -0.25) is 4.79 Å². The van der Waals surface area contributed by atoms with E-state index in [2.05, 4.69) is 45.7 Å². The second kappa shape index (κ2) is 7.32. The van der Waals surface area contributed by atoms with Crippen molar-refractivity contribution in [2.45, 2.75) is 111 Å². The van der Waals surface area contributed by atoms with E-state index in [1.165, 1.54) is 24.8 Å². The molecule has 4 nitrogen and oxygen atoms in total. The Balaban J connectivity index is 1.49. The number of hydrogen-bond acceptors (Lipinski definition) is 3. The third-order valence-electron chi connectivity index (χ3n) is 11.7. The fraction of sp³-hybridized carbons (Fsp3) is 0.767. The Morgan fingerprint density at radius 3 is 2.38 bits per heavy atom. The van der Waals surface area contributed by atoms with E-state index in [0.717, 1.165) is 25.7 Å². The van der Waals surface area contributed by atoms with Crippen LogP contribution in [0.5, 0.6) is 0 Å². The van der Waals surface area contributed by atoms with Gasteiger partial charge in [0, 0.05) is 6.20 Å². The highest BCUT2D eigenvalue weighted by molar-refractivity contribution is 6.00. The van der Waals surface area contributed by atoms with Crippen LogP contribution in [-0.4, -0.2) is 32.7 Å². The van der Waals surface area contributed by atoms with Crippen LogP contribution in [0, 0.1) is 33.5 Å². The number of hydrogen-bond donors (Lipinski definition) is 3. The summed E-state index contributed by atoms with van der Waals surface area (Å²) in [5.41, 5.74) is 2.60. The van der Waals surface area contributed by atoms with E-state index in [9.17, 15) is 15.0 Å². The molecule has 0 bridgehead atoms. The maximum atomic E-state index is 12.6. The highest BCUT2D eigenvalue weighted by Gasteiger charge is 2.65. The highest BCUT2D eigenvalue weighted by atomic mass is 16.3. The number of nitrogens with one attached hydrogen (secondary N) is 1. The Bertz CT molecular complexity index is 1030. The molecule has 0 aromatic carbocycles. The van der Waals surface area contributed by atoms with Gasteiger partial charge in [-0.25, -0.2) is 0 Å². The summed E-state index contributed by atoms with van der Waals surface area (Å²) in [6.45, 7) is 15.2. The standard InChI is InChI=1S/C30H45NO3/c1-26(2)23-9-8-21-20(28(23,5)13-12-24(26)32)11-15-29(6)19(10-14-30(21,29)7)18-16-22(31-17-18)25(33)27(3,4)34/h8,16-17,19-20,23-24,31-32,34H,9-15H2,1-7H3/t19-,20-,23-,24+,28+,29-,30+/m0/s1. The summed E-state index contributed by atoms with van der Waals surface area (Å²) in [5.74, 6) is 1.30. The molecule has 34 heavy (non-hydrogen) atoms. The van der Waals surface area contributed by atoms with E-state index in [0.29, 0.717) is 23.4 Å². The summed E-state index contributed by atoms with van der Waals surface area (Å²) in [4.78, 5) is 15.8. The fourth-order valence-corrected chi connectivity index (χ4v) is 9.30. The maximum Gasteiger partial charge on any atom is 0.209 e. The number of Topliss-reactive ketones (excluding diaryl/α,β-unsaturated/α-hetero) is 1. The van der Waals surface area contributed by atoms with E-state index in [-0.39, 0.29) is 33.5 Å². The molecule has 0 aliphatic heterocycles. The molecule has 5 rings (SSSR count). The van der Waals surface area contributed by atoms with Crippen molar-refractivity contribution in [1.29, 1.82) is 0 Å². The van der Waals surface area contributed by atoms with Gasteiger partial charge in [-0.2, -0.15) is 0 Å². The first-order chi connectivity index (χ1) is 15.7. The third-order valence-corrected chi connectivity index (χ3v) is 11.7. The van der Waals surface area contributed by atoms with Gasteiger partial charge in [0.05, 0.1) is 11.8 Å². The first kappa shape index (κ1) is 24.3. The quantitative estimate of drug-likeness (QED) is 0.356. The van der Waals surface area contributed by atoms with Crippen molar-refractivity contribution < 1.29 is 15.0 Å². The number of carbonyl (C=O) groups excluding carboxylic acids is 1. The predicted octanol–water partition coefficient (Wildman–Crippen LogP) is 6.40. The number of aromatic amines is 1. The van der Waals surface area contributed by atoms with Crippen LogP contribution in [0.15, 0.2) is 23.9 Å². The smallest absolute Gasteiger partial charge is 0.209 e. The number of aliphatic hydroxyl groups excluding tert-OH is 1. The molecule has 3 saturated carbocycles. The van der Waals surface area contributed by atoms with E-state index in [4.69, 9.17) is 0 Å². The zero-order chi connectivity index (χ0) is 24.9. The van der Waals surface area contributed by atoms with Crippen molar-refractivity contribution in [1.82, 2.24) is 4.98 Å². The largest absolute Gasteiger partial charge is 0.393 e. The number of H-pyrrole nitrogens is 1. The lowest BCUT2D eigenvalue weighted by Gasteiger charge is -2.64.